The molecule has 6 nitrogen and oxygen atoms in total. The number of benzene rings is 1. The van der Waals surface area contributed by atoms with Gasteiger partial charge in [-0.2, -0.15) is 0 Å². The summed E-state index contributed by atoms with van der Waals surface area (Å²) in [4.78, 5) is 24.2. The highest BCUT2D eigenvalue weighted by molar-refractivity contribution is 7.10. The quantitative estimate of drug-likeness (QED) is 0.596. The second kappa shape index (κ2) is 9.36. The molecule has 1 aromatic carbocycles. The maximum Gasteiger partial charge on any atom is 0.276 e. The number of carbonyl (C=O) groups is 2. The van der Waals surface area contributed by atoms with E-state index in [1.165, 1.54) is 17.4 Å². The Morgan fingerprint density at radius 2 is 1.83 bits per heavy atom. The molecule has 126 valence electrons. The number of amides is 2. The molecule has 1 heterocycles. The van der Waals surface area contributed by atoms with Crippen LogP contribution in [0.3, 0.4) is 0 Å². The first-order chi connectivity index (χ1) is 11.7. The van der Waals surface area contributed by atoms with Crippen molar-refractivity contribution in [1.29, 1.82) is 0 Å². The van der Waals surface area contributed by atoms with Gasteiger partial charge in [0, 0.05) is 11.0 Å². The molecular formula is C17H18N2O4S. The molecule has 24 heavy (non-hydrogen) atoms. The van der Waals surface area contributed by atoms with Crippen LogP contribution in [0.2, 0.25) is 0 Å². The summed E-state index contributed by atoms with van der Waals surface area (Å²) in [6, 6.07) is 10.8. The van der Waals surface area contributed by atoms with Gasteiger partial charge in [-0.15, -0.1) is 11.3 Å². The molecule has 0 aliphatic heterocycles. The number of ether oxygens (including phenoxy) is 2. The van der Waals surface area contributed by atoms with Gasteiger partial charge in [0.2, 0.25) is 0 Å². The molecule has 0 spiro atoms. The van der Waals surface area contributed by atoms with Gasteiger partial charge >= 0.3 is 0 Å². The van der Waals surface area contributed by atoms with Gasteiger partial charge in [0.25, 0.3) is 11.8 Å². The molecule has 0 aliphatic rings. The van der Waals surface area contributed by atoms with Crippen LogP contribution >= 0.6 is 11.3 Å². The minimum Gasteiger partial charge on any atom is -0.490 e. The molecule has 0 aliphatic carbocycles. The van der Waals surface area contributed by atoms with E-state index in [4.69, 9.17) is 9.47 Å². The Kier molecular flexibility index (Phi) is 6.85. The molecule has 0 unspecified atom stereocenters. The zero-order valence-electron chi connectivity index (χ0n) is 13.2. The highest BCUT2D eigenvalue weighted by Crippen LogP contribution is 2.26. The third kappa shape index (κ3) is 5.77. The lowest BCUT2D eigenvalue weighted by atomic mass is 10.3. The number of thiophene rings is 1. The average Bonchev–Trinajstić information content (AvgIpc) is 3.11. The Morgan fingerprint density at radius 3 is 2.50 bits per heavy atom. The van der Waals surface area contributed by atoms with Crippen LogP contribution in [0.5, 0.6) is 11.5 Å². The number of hydrogen-bond acceptors (Lipinski definition) is 5. The molecule has 0 atom stereocenters. The standard InChI is InChI=1S/C17H18N2O4S/c1-2-22-14-7-3-4-8-15(14)23-12-17(21)19-18-16(20)10-9-13-6-5-11-24-13/h3-11H,2,12H2,1H3,(H,18,20)(H,19,21)/b10-9+. The van der Waals surface area contributed by atoms with Gasteiger partial charge < -0.3 is 9.47 Å². The summed E-state index contributed by atoms with van der Waals surface area (Å²) in [6.45, 7) is 2.13. The van der Waals surface area contributed by atoms with E-state index in [-0.39, 0.29) is 6.61 Å². The Balaban J connectivity index is 1.74. The first-order valence-electron chi connectivity index (χ1n) is 7.34. The normalized spacial score (nSPS) is 10.4. The molecular weight excluding hydrogens is 328 g/mol. The van der Waals surface area contributed by atoms with Crippen LogP contribution in [0.1, 0.15) is 11.8 Å². The fourth-order valence-corrected chi connectivity index (χ4v) is 2.36. The monoisotopic (exact) mass is 346 g/mol. The summed E-state index contributed by atoms with van der Waals surface area (Å²) in [6.07, 6.45) is 3.01. The molecule has 2 N–H and O–H groups in total. The van der Waals surface area contributed by atoms with Crippen molar-refractivity contribution in [3.8, 4) is 11.5 Å². The second-order valence-corrected chi connectivity index (χ2v) is 5.53. The minimum absolute atomic E-state index is 0.237. The third-order valence-corrected chi connectivity index (χ3v) is 3.61. The number of hydrazine groups is 1. The molecule has 1 aromatic heterocycles. The first-order valence-corrected chi connectivity index (χ1v) is 8.22. The maximum absolute atomic E-state index is 11.7. The molecule has 0 saturated heterocycles. The Labute approximate surface area is 144 Å². The Bertz CT molecular complexity index is 698. The predicted octanol–water partition coefficient (Wildman–Crippen LogP) is 2.39. The van der Waals surface area contributed by atoms with E-state index in [1.807, 2.05) is 30.5 Å². The van der Waals surface area contributed by atoms with Crippen LogP contribution in [0.4, 0.5) is 0 Å². The lowest BCUT2D eigenvalue weighted by Gasteiger charge is -2.11. The lowest BCUT2D eigenvalue weighted by Crippen LogP contribution is -2.43. The summed E-state index contributed by atoms with van der Waals surface area (Å²) in [5.74, 6) is 0.139. The van der Waals surface area contributed by atoms with Crippen molar-refractivity contribution in [2.75, 3.05) is 13.2 Å². The van der Waals surface area contributed by atoms with Gasteiger partial charge in [-0.25, -0.2) is 0 Å². The van der Waals surface area contributed by atoms with Gasteiger partial charge in [0.15, 0.2) is 18.1 Å². The SMILES string of the molecule is CCOc1ccccc1OCC(=O)NNC(=O)/C=C/c1cccs1. The molecule has 0 fully saturated rings. The highest BCUT2D eigenvalue weighted by Gasteiger charge is 2.07. The first kappa shape index (κ1) is 17.6. The number of carbonyl (C=O) groups excluding carboxylic acids is 2. The lowest BCUT2D eigenvalue weighted by molar-refractivity contribution is -0.128. The van der Waals surface area contributed by atoms with Gasteiger partial charge in [-0.1, -0.05) is 18.2 Å². The largest absolute Gasteiger partial charge is 0.490 e. The molecule has 0 bridgehead atoms. The summed E-state index contributed by atoms with van der Waals surface area (Å²) in [5, 5.41) is 1.91. The molecule has 2 aromatic rings. The van der Waals surface area contributed by atoms with Gasteiger partial charge in [0.1, 0.15) is 0 Å². The Hall–Kier alpha value is -2.80. The van der Waals surface area contributed by atoms with E-state index in [0.717, 1.165) is 4.88 Å². The fourth-order valence-electron chi connectivity index (χ4n) is 1.74. The molecule has 2 rings (SSSR count). The second-order valence-electron chi connectivity index (χ2n) is 4.55. The van der Waals surface area contributed by atoms with Gasteiger partial charge in [-0.05, 0) is 36.6 Å². The van der Waals surface area contributed by atoms with Crippen molar-refractivity contribution in [1.82, 2.24) is 10.9 Å². The topological polar surface area (TPSA) is 76.7 Å². The summed E-state index contributed by atoms with van der Waals surface area (Å²) >= 11 is 1.51. The molecule has 2 amide bonds. The predicted molar refractivity (Wildman–Crippen MR) is 92.7 cm³/mol. The smallest absolute Gasteiger partial charge is 0.276 e. The number of para-hydroxylation sites is 2. The summed E-state index contributed by atoms with van der Waals surface area (Å²) in [5.41, 5.74) is 4.57. The van der Waals surface area contributed by atoms with Gasteiger partial charge in [-0.3, -0.25) is 20.4 Å². The van der Waals surface area contributed by atoms with Crippen molar-refractivity contribution in [2.24, 2.45) is 0 Å². The summed E-state index contributed by atoms with van der Waals surface area (Å²) in [7, 11) is 0. The number of hydrogen-bond donors (Lipinski definition) is 2. The van der Waals surface area contributed by atoms with Crippen LogP contribution in [0.15, 0.2) is 47.9 Å². The van der Waals surface area contributed by atoms with Crippen molar-refractivity contribution >= 4 is 29.2 Å². The van der Waals surface area contributed by atoms with Gasteiger partial charge in [0.05, 0.1) is 6.61 Å². The van der Waals surface area contributed by atoms with Crippen LogP contribution in [0, 0.1) is 0 Å². The van der Waals surface area contributed by atoms with Crippen molar-refractivity contribution in [3.63, 3.8) is 0 Å². The highest BCUT2D eigenvalue weighted by atomic mass is 32.1. The van der Waals surface area contributed by atoms with Crippen molar-refractivity contribution in [2.45, 2.75) is 6.92 Å². The molecule has 7 heteroatoms. The number of rotatable bonds is 7. The Morgan fingerprint density at radius 1 is 1.08 bits per heavy atom. The van der Waals surface area contributed by atoms with Crippen molar-refractivity contribution < 1.29 is 19.1 Å². The summed E-state index contributed by atoms with van der Waals surface area (Å²) < 4.78 is 10.8. The molecule has 0 radical (unpaired) electrons. The average molecular weight is 346 g/mol. The van der Waals surface area contributed by atoms with E-state index < -0.39 is 11.8 Å². The maximum atomic E-state index is 11.7. The number of nitrogens with one attached hydrogen (secondary N) is 2. The van der Waals surface area contributed by atoms with E-state index in [0.29, 0.717) is 18.1 Å². The zero-order chi connectivity index (χ0) is 17.2. The molecule has 0 saturated carbocycles. The van der Waals surface area contributed by atoms with E-state index in [1.54, 1.807) is 24.3 Å². The van der Waals surface area contributed by atoms with Crippen LogP contribution in [0.25, 0.3) is 6.08 Å². The van der Waals surface area contributed by atoms with Crippen LogP contribution < -0.4 is 20.3 Å². The van der Waals surface area contributed by atoms with E-state index >= 15 is 0 Å². The van der Waals surface area contributed by atoms with Crippen molar-refractivity contribution in [3.05, 3.63) is 52.7 Å². The van der Waals surface area contributed by atoms with Crippen LogP contribution in [-0.4, -0.2) is 25.0 Å². The fraction of sp³-hybridized carbons (Fsp3) is 0.176. The van der Waals surface area contributed by atoms with Crippen LogP contribution in [-0.2, 0) is 9.59 Å². The minimum atomic E-state index is -0.473. The van der Waals surface area contributed by atoms with E-state index in [2.05, 4.69) is 10.9 Å². The van der Waals surface area contributed by atoms with E-state index in [9.17, 15) is 9.59 Å². The zero-order valence-corrected chi connectivity index (χ0v) is 14.0. The third-order valence-electron chi connectivity index (χ3n) is 2.78.